The van der Waals surface area contributed by atoms with E-state index in [0.29, 0.717) is 0 Å². The molecule has 3 heteroatoms. The third-order valence-corrected chi connectivity index (χ3v) is 3.13. The van der Waals surface area contributed by atoms with E-state index in [9.17, 15) is 5.11 Å². The minimum absolute atomic E-state index is 0. The Hall–Kier alpha value is -0.570. The number of benzene rings is 1. The summed E-state index contributed by atoms with van der Waals surface area (Å²) in [4.78, 5) is 2.48. The highest BCUT2D eigenvalue weighted by molar-refractivity contribution is 5.85. The molecule has 1 heterocycles. The fraction of sp³-hybridized carbons (Fsp3) is 0.538. The number of aliphatic hydroxyl groups is 1. The second-order valence-electron chi connectivity index (χ2n) is 4.26. The van der Waals surface area contributed by atoms with Crippen molar-refractivity contribution in [1.29, 1.82) is 0 Å². The average molecular weight is 242 g/mol. The molecule has 0 spiro atoms. The minimum Gasteiger partial charge on any atom is -0.392 e. The highest BCUT2D eigenvalue weighted by Crippen LogP contribution is 2.15. The number of rotatable bonds is 3. The fourth-order valence-electron chi connectivity index (χ4n) is 2.22. The second kappa shape index (κ2) is 6.89. The summed E-state index contributed by atoms with van der Waals surface area (Å²) in [7, 11) is 0. The number of aliphatic hydroxyl groups excluding tert-OH is 1. The highest BCUT2D eigenvalue weighted by Gasteiger charge is 2.11. The predicted octanol–water partition coefficient (Wildman–Crippen LogP) is 2.59. The van der Waals surface area contributed by atoms with Crippen LogP contribution in [-0.4, -0.2) is 23.1 Å². The first-order valence-corrected chi connectivity index (χ1v) is 5.80. The van der Waals surface area contributed by atoms with Crippen molar-refractivity contribution < 1.29 is 5.11 Å². The summed E-state index contributed by atoms with van der Waals surface area (Å²) in [5.41, 5.74) is 2.35. The summed E-state index contributed by atoms with van der Waals surface area (Å²) < 4.78 is 0. The van der Waals surface area contributed by atoms with Crippen LogP contribution >= 0.6 is 12.4 Å². The fourth-order valence-corrected chi connectivity index (χ4v) is 2.22. The van der Waals surface area contributed by atoms with E-state index in [2.05, 4.69) is 17.0 Å². The molecule has 0 amide bonds. The lowest BCUT2D eigenvalue weighted by Gasteiger charge is -2.27. The van der Waals surface area contributed by atoms with Gasteiger partial charge in [0, 0.05) is 6.54 Å². The number of nitrogens with zero attached hydrogens (tertiary/aromatic N) is 1. The molecule has 1 aromatic carbocycles. The Morgan fingerprint density at radius 1 is 1.00 bits per heavy atom. The first-order valence-electron chi connectivity index (χ1n) is 5.80. The molecule has 0 aliphatic carbocycles. The third kappa shape index (κ3) is 3.48. The van der Waals surface area contributed by atoms with Crippen LogP contribution in [0.25, 0.3) is 0 Å². The Bertz CT molecular complexity index is 311. The highest BCUT2D eigenvalue weighted by atomic mass is 35.5. The minimum atomic E-state index is 0. The largest absolute Gasteiger partial charge is 0.392 e. The van der Waals surface area contributed by atoms with Gasteiger partial charge in [0.15, 0.2) is 0 Å². The molecule has 1 fully saturated rings. The van der Waals surface area contributed by atoms with Gasteiger partial charge in [0.1, 0.15) is 0 Å². The van der Waals surface area contributed by atoms with Gasteiger partial charge in [0.2, 0.25) is 0 Å². The normalized spacial score (nSPS) is 16.8. The lowest BCUT2D eigenvalue weighted by molar-refractivity contribution is 0.217. The summed E-state index contributed by atoms with van der Waals surface area (Å²) in [6.07, 6.45) is 4.01. The van der Waals surface area contributed by atoms with Crippen LogP contribution in [0.4, 0.5) is 0 Å². The van der Waals surface area contributed by atoms with E-state index < -0.39 is 0 Å². The molecular formula is C13H20ClNO. The molecule has 0 unspecified atom stereocenters. The van der Waals surface area contributed by atoms with Crippen LogP contribution in [0.2, 0.25) is 0 Å². The maximum Gasteiger partial charge on any atom is 0.0685 e. The number of likely N-dealkylation sites (tertiary alicyclic amines) is 1. The van der Waals surface area contributed by atoms with Crippen LogP contribution in [0.3, 0.4) is 0 Å². The number of hydrogen-bond acceptors (Lipinski definition) is 2. The molecule has 1 saturated heterocycles. The van der Waals surface area contributed by atoms with Gasteiger partial charge in [0.05, 0.1) is 6.61 Å². The maximum atomic E-state index is 9.23. The Kier molecular flexibility index (Phi) is 5.81. The van der Waals surface area contributed by atoms with Crippen molar-refractivity contribution >= 4 is 12.4 Å². The number of hydrogen-bond donors (Lipinski definition) is 1. The lowest BCUT2D eigenvalue weighted by atomic mass is 10.1. The van der Waals surface area contributed by atoms with Crippen LogP contribution in [0.15, 0.2) is 24.3 Å². The summed E-state index contributed by atoms with van der Waals surface area (Å²) in [5.74, 6) is 0. The van der Waals surface area contributed by atoms with E-state index in [0.717, 1.165) is 12.1 Å². The van der Waals surface area contributed by atoms with E-state index in [4.69, 9.17) is 0 Å². The van der Waals surface area contributed by atoms with Crippen LogP contribution in [-0.2, 0) is 13.2 Å². The molecule has 0 atom stereocenters. The molecule has 2 nitrogen and oxygen atoms in total. The van der Waals surface area contributed by atoms with Crippen LogP contribution < -0.4 is 0 Å². The Morgan fingerprint density at radius 2 is 1.62 bits per heavy atom. The molecule has 2 rings (SSSR count). The van der Waals surface area contributed by atoms with E-state index in [1.807, 2.05) is 12.1 Å². The zero-order valence-electron chi connectivity index (χ0n) is 9.56. The molecule has 1 aromatic rings. The van der Waals surface area contributed by atoms with E-state index >= 15 is 0 Å². The van der Waals surface area contributed by atoms with E-state index in [1.54, 1.807) is 0 Å². The zero-order chi connectivity index (χ0) is 10.5. The van der Waals surface area contributed by atoms with Gasteiger partial charge < -0.3 is 5.11 Å². The predicted molar refractivity (Wildman–Crippen MR) is 68.7 cm³/mol. The molecule has 16 heavy (non-hydrogen) atoms. The van der Waals surface area contributed by atoms with Gasteiger partial charge in [0.25, 0.3) is 0 Å². The molecule has 0 bridgehead atoms. The summed E-state index contributed by atoms with van der Waals surface area (Å²) in [6, 6.07) is 8.18. The molecular weight excluding hydrogens is 222 g/mol. The maximum absolute atomic E-state index is 9.23. The van der Waals surface area contributed by atoms with Crippen molar-refractivity contribution in [3.05, 3.63) is 35.4 Å². The smallest absolute Gasteiger partial charge is 0.0685 e. The molecule has 0 aromatic heterocycles. The van der Waals surface area contributed by atoms with E-state index in [-0.39, 0.29) is 19.0 Å². The van der Waals surface area contributed by atoms with Crippen molar-refractivity contribution in [1.82, 2.24) is 4.90 Å². The molecule has 1 N–H and O–H groups in total. The monoisotopic (exact) mass is 241 g/mol. The summed E-state index contributed by atoms with van der Waals surface area (Å²) in [6.45, 7) is 3.57. The first-order chi connectivity index (χ1) is 7.40. The summed E-state index contributed by atoms with van der Waals surface area (Å²) >= 11 is 0. The Morgan fingerprint density at radius 3 is 2.25 bits per heavy atom. The van der Waals surface area contributed by atoms with Gasteiger partial charge in [-0.2, -0.15) is 0 Å². The van der Waals surface area contributed by atoms with Gasteiger partial charge >= 0.3 is 0 Å². The van der Waals surface area contributed by atoms with Crippen molar-refractivity contribution in [3.8, 4) is 0 Å². The second-order valence-corrected chi connectivity index (χ2v) is 4.26. The third-order valence-electron chi connectivity index (χ3n) is 3.13. The van der Waals surface area contributed by atoms with Crippen LogP contribution in [0, 0.1) is 0 Å². The number of piperidine rings is 1. The number of halogens is 1. The topological polar surface area (TPSA) is 23.5 Å². The van der Waals surface area contributed by atoms with Crippen molar-refractivity contribution in [2.45, 2.75) is 32.4 Å². The van der Waals surface area contributed by atoms with Gasteiger partial charge in [-0.3, -0.25) is 4.90 Å². The van der Waals surface area contributed by atoms with Crippen LogP contribution in [0.5, 0.6) is 0 Å². The van der Waals surface area contributed by atoms with Crippen molar-refractivity contribution in [3.63, 3.8) is 0 Å². The standard InChI is InChI=1S/C13H19NO.ClH/c15-11-13-7-3-2-6-12(13)10-14-8-4-1-5-9-14;/h2-3,6-7,15H,1,4-5,8-11H2;1H. The Labute approximate surface area is 104 Å². The molecule has 90 valence electrons. The average Bonchev–Trinajstić information content (AvgIpc) is 2.31. The van der Waals surface area contributed by atoms with Gasteiger partial charge in [-0.25, -0.2) is 0 Å². The molecule has 0 radical (unpaired) electrons. The van der Waals surface area contributed by atoms with Gasteiger partial charge in [-0.15, -0.1) is 12.4 Å². The van der Waals surface area contributed by atoms with Crippen LogP contribution in [0.1, 0.15) is 30.4 Å². The molecule has 1 aliphatic rings. The summed E-state index contributed by atoms with van der Waals surface area (Å²) in [5, 5.41) is 9.23. The van der Waals surface area contributed by atoms with Crippen molar-refractivity contribution in [2.75, 3.05) is 13.1 Å². The first kappa shape index (κ1) is 13.5. The Balaban J connectivity index is 0.00000128. The van der Waals surface area contributed by atoms with Gasteiger partial charge in [-0.1, -0.05) is 30.7 Å². The quantitative estimate of drug-likeness (QED) is 0.880. The SMILES string of the molecule is Cl.OCc1ccccc1CN1CCCCC1. The van der Waals surface area contributed by atoms with Crippen molar-refractivity contribution in [2.24, 2.45) is 0 Å². The molecule has 1 aliphatic heterocycles. The lowest BCUT2D eigenvalue weighted by Crippen LogP contribution is -2.29. The van der Waals surface area contributed by atoms with E-state index in [1.165, 1.54) is 37.9 Å². The zero-order valence-corrected chi connectivity index (χ0v) is 10.4. The van der Waals surface area contributed by atoms with Gasteiger partial charge in [-0.05, 0) is 37.1 Å². The molecule has 0 saturated carbocycles.